The van der Waals surface area contributed by atoms with E-state index in [4.69, 9.17) is 4.18 Å². The summed E-state index contributed by atoms with van der Waals surface area (Å²) in [7, 11) is -3.86. The van der Waals surface area contributed by atoms with Crippen molar-refractivity contribution < 1.29 is 12.6 Å². The maximum atomic E-state index is 12.6. The van der Waals surface area contributed by atoms with E-state index in [1.165, 1.54) is 0 Å². The van der Waals surface area contributed by atoms with E-state index in [0.717, 1.165) is 11.1 Å². The molecule has 0 radical (unpaired) electrons. The minimum absolute atomic E-state index is 0.0922. The molecule has 0 fully saturated rings. The van der Waals surface area contributed by atoms with Gasteiger partial charge in [0, 0.05) is 5.56 Å². The molecule has 0 unspecified atom stereocenters. The molecule has 0 aromatic heterocycles. The molecule has 2 rings (SSSR count). The Morgan fingerprint density at radius 3 is 1.88 bits per heavy atom. The Labute approximate surface area is 145 Å². The Morgan fingerprint density at radius 2 is 1.38 bits per heavy atom. The van der Waals surface area contributed by atoms with Crippen molar-refractivity contribution in [2.45, 2.75) is 57.3 Å². The molecule has 0 aliphatic heterocycles. The summed E-state index contributed by atoms with van der Waals surface area (Å²) in [6.45, 7) is 12.4. The van der Waals surface area contributed by atoms with E-state index in [9.17, 15) is 8.42 Å². The highest BCUT2D eigenvalue weighted by Crippen LogP contribution is 2.36. The minimum atomic E-state index is -3.86. The van der Waals surface area contributed by atoms with E-state index in [1.54, 1.807) is 30.3 Å². The van der Waals surface area contributed by atoms with Gasteiger partial charge >= 0.3 is 10.1 Å². The first kappa shape index (κ1) is 18.5. The minimum Gasteiger partial charge on any atom is -0.379 e. The highest BCUT2D eigenvalue weighted by atomic mass is 32.2. The monoisotopic (exact) mass is 346 g/mol. The molecule has 0 heterocycles. The summed E-state index contributed by atoms with van der Waals surface area (Å²) in [6, 6.07) is 14.1. The van der Waals surface area contributed by atoms with Gasteiger partial charge in [-0.25, -0.2) is 0 Å². The van der Waals surface area contributed by atoms with Crippen LogP contribution < -0.4 is 4.18 Å². The molecular formula is C20H26O3S. The summed E-state index contributed by atoms with van der Waals surface area (Å²) < 4.78 is 30.8. The summed E-state index contributed by atoms with van der Waals surface area (Å²) in [5.41, 5.74) is 1.59. The maximum absolute atomic E-state index is 12.6. The van der Waals surface area contributed by atoms with Gasteiger partial charge in [-0.1, -0.05) is 71.9 Å². The van der Waals surface area contributed by atoms with Crippen molar-refractivity contribution in [3.05, 3.63) is 59.7 Å². The Kier molecular flexibility index (Phi) is 4.82. The van der Waals surface area contributed by atoms with E-state index in [2.05, 4.69) is 20.8 Å². The first-order valence-electron chi connectivity index (χ1n) is 8.06. The lowest BCUT2D eigenvalue weighted by molar-refractivity contribution is 0.467. The summed E-state index contributed by atoms with van der Waals surface area (Å²) in [4.78, 5) is 0.158. The quantitative estimate of drug-likeness (QED) is 0.731. The first-order chi connectivity index (χ1) is 10.9. The molecule has 0 aliphatic carbocycles. The molecule has 3 nitrogen and oxygen atoms in total. The fraction of sp³-hybridized carbons (Fsp3) is 0.400. The zero-order valence-electron chi connectivity index (χ0n) is 15.3. The lowest BCUT2D eigenvalue weighted by Crippen LogP contribution is -2.19. The van der Waals surface area contributed by atoms with Crippen molar-refractivity contribution in [2.24, 2.45) is 0 Å². The number of benzene rings is 2. The third-order valence-electron chi connectivity index (χ3n) is 3.89. The van der Waals surface area contributed by atoms with Crippen LogP contribution in [0.5, 0.6) is 5.75 Å². The fourth-order valence-electron chi connectivity index (χ4n) is 2.43. The van der Waals surface area contributed by atoms with E-state index in [0.29, 0.717) is 5.75 Å². The molecule has 0 atom stereocenters. The van der Waals surface area contributed by atoms with E-state index < -0.39 is 10.1 Å². The summed E-state index contributed by atoms with van der Waals surface area (Å²) >= 11 is 0. The normalized spacial score (nSPS) is 12.9. The first-order valence-corrected chi connectivity index (χ1v) is 9.47. The van der Waals surface area contributed by atoms with E-state index in [1.807, 2.05) is 39.0 Å². The van der Waals surface area contributed by atoms with Crippen LogP contribution in [0.3, 0.4) is 0 Å². The van der Waals surface area contributed by atoms with Crippen LogP contribution in [-0.4, -0.2) is 8.42 Å². The van der Waals surface area contributed by atoms with Crippen LogP contribution in [0.25, 0.3) is 0 Å². The molecule has 2 aromatic carbocycles. The number of hydrogen-bond acceptors (Lipinski definition) is 3. The molecule has 130 valence electrons. The van der Waals surface area contributed by atoms with Gasteiger partial charge in [0.2, 0.25) is 0 Å². The van der Waals surface area contributed by atoms with Crippen LogP contribution >= 0.6 is 0 Å². The number of hydrogen-bond donors (Lipinski definition) is 0. The zero-order valence-corrected chi connectivity index (χ0v) is 16.1. The van der Waals surface area contributed by atoms with Gasteiger partial charge in [-0.2, -0.15) is 8.42 Å². The molecule has 2 aromatic rings. The average Bonchev–Trinajstić information content (AvgIpc) is 2.45. The van der Waals surface area contributed by atoms with Crippen LogP contribution in [0.1, 0.15) is 52.7 Å². The van der Waals surface area contributed by atoms with Gasteiger partial charge in [0.25, 0.3) is 0 Å². The maximum Gasteiger partial charge on any atom is 0.339 e. The van der Waals surface area contributed by atoms with E-state index >= 15 is 0 Å². The van der Waals surface area contributed by atoms with Crippen molar-refractivity contribution >= 4 is 10.1 Å². The van der Waals surface area contributed by atoms with Gasteiger partial charge in [0.1, 0.15) is 10.6 Å². The predicted octanol–water partition coefficient (Wildman–Crippen LogP) is 5.05. The second kappa shape index (κ2) is 6.25. The van der Waals surface area contributed by atoms with Crippen LogP contribution in [0.15, 0.2) is 53.4 Å². The molecule has 0 amide bonds. The lowest BCUT2D eigenvalue weighted by Gasteiger charge is -2.26. The molecule has 24 heavy (non-hydrogen) atoms. The Balaban J connectivity index is 2.55. The van der Waals surface area contributed by atoms with Crippen molar-refractivity contribution in [3.8, 4) is 5.75 Å². The third kappa shape index (κ3) is 4.18. The standard InChI is InChI=1S/C20H26O3S/c1-19(2,3)15-12-13-17(20(4,5)6)18(14-15)23-24(21,22)16-10-8-7-9-11-16/h7-14H,1-6H3. The van der Waals surface area contributed by atoms with Gasteiger partial charge in [0.05, 0.1) is 0 Å². The van der Waals surface area contributed by atoms with Gasteiger partial charge in [0.15, 0.2) is 0 Å². The average molecular weight is 346 g/mol. The van der Waals surface area contributed by atoms with Gasteiger partial charge in [-0.05, 0) is 34.6 Å². The third-order valence-corrected chi connectivity index (χ3v) is 5.14. The predicted molar refractivity (Wildman–Crippen MR) is 98.1 cm³/mol. The summed E-state index contributed by atoms with van der Waals surface area (Å²) in [5.74, 6) is 0.402. The van der Waals surface area contributed by atoms with Crippen LogP contribution in [-0.2, 0) is 20.9 Å². The fourth-order valence-corrected chi connectivity index (χ4v) is 3.39. The highest BCUT2D eigenvalue weighted by molar-refractivity contribution is 7.87. The number of rotatable bonds is 3. The molecule has 0 saturated carbocycles. The molecular weight excluding hydrogens is 320 g/mol. The zero-order chi connectivity index (χ0) is 18.2. The van der Waals surface area contributed by atoms with Crippen molar-refractivity contribution in [1.29, 1.82) is 0 Å². The van der Waals surface area contributed by atoms with Crippen molar-refractivity contribution in [1.82, 2.24) is 0 Å². The van der Waals surface area contributed by atoms with Crippen LogP contribution in [0.4, 0.5) is 0 Å². The highest BCUT2D eigenvalue weighted by Gasteiger charge is 2.26. The summed E-state index contributed by atoms with van der Waals surface area (Å²) in [5, 5.41) is 0. The van der Waals surface area contributed by atoms with Crippen LogP contribution in [0, 0.1) is 0 Å². The van der Waals surface area contributed by atoms with Crippen LogP contribution in [0.2, 0.25) is 0 Å². The Morgan fingerprint density at radius 1 is 0.792 bits per heavy atom. The Bertz CT molecular complexity index is 808. The second-order valence-electron chi connectivity index (χ2n) is 8.06. The van der Waals surface area contributed by atoms with E-state index in [-0.39, 0.29) is 15.7 Å². The largest absolute Gasteiger partial charge is 0.379 e. The van der Waals surface area contributed by atoms with Gasteiger partial charge in [-0.15, -0.1) is 0 Å². The Hall–Kier alpha value is -1.81. The lowest BCUT2D eigenvalue weighted by atomic mass is 9.81. The topological polar surface area (TPSA) is 43.4 Å². The van der Waals surface area contributed by atoms with Gasteiger partial charge in [-0.3, -0.25) is 0 Å². The van der Waals surface area contributed by atoms with Gasteiger partial charge < -0.3 is 4.18 Å². The molecule has 4 heteroatoms. The molecule has 0 bridgehead atoms. The van der Waals surface area contributed by atoms with Crippen molar-refractivity contribution in [2.75, 3.05) is 0 Å². The molecule has 0 N–H and O–H groups in total. The molecule has 0 aliphatic rings. The second-order valence-corrected chi connectivity index (χ2v) is 9.61. The molecule has 0 saturated heterocycles. The van der Waals surface area contributed by atoms with Crippen molar-refractivity contribution in [3.63, 3.8) is 0 Å². The molecule has 0 spiro atoms. The smallest absolute Gasteiger partial charge is 0.339 e. The summed E-state index contributed by atoms with van der Waals surface area (Å²) in [6.07, 6.45) is 0. The SMILES string of the molecule is CC(C)(C)c1ccc(C(C)(C)C)c(OS(=O)(=O)c2ccccc2)c1.